The van der Waals surface area contributed by atoms with E-state index in [1.165, 1.54) is 0 Å². The van der Waals surface area contributed by atoms with Gasteiger partial charge in [-0.2, -0.15) is 0 Å². The average Bonchev–Trinajstić information content (AvgIpc) is 2.19. The molecule has 1 aromatic carbocycles. The van der Waals surface area contributed by atoms with Crippen molar-refractivity contribution in [3.05, 3.63) is 29.3 Å². The number of nitrogens with two attached hydrogens (primary N) is 2. The maximum absolute atomic E-state index is 8.66. The minimum atomic E-state index is -0.341. The fourth-order valence-electron chi connectivity index (χ4n) is 1.15. The summed E-state index contributed by atoms with van der Waals surface area (Å²) in [5.74, 6) is 0.695. The molecule has 0 aliphatic heterocycles. The van der Waals surface area contributed by atoms with Gasteiger partial charge in [0, 0.05) is 0 Å². The van der Waals surface area contributed by atoms with Crippen LogP contribution in [0, 0.1) is 6.92 Å². The summed E-state index contributed by atoms with van der Waals surface area (Å²) in [6.45, 7) is 1.96. The Morgan fingerprint density at radius 3 is 2.80 bits per heavy atom. The molecule has 5 heteroatoms. The highest BCUT2D eigenvalue weighted by Gasteiger charge is 2.00. The fraction of sp³-hybridized carbons (Fsp3) is 0.300. The van der Waals surface area contributed by atoms with Crippen LogP contribution in [0.5, 0.6) is 5.75 Å². The van der Waals surface area contributed by atoms with Crippen LogP contribution in [0.15, 0.2) is 23.2 Å². The Morgan fingerprint density at radius 2 is 2.20 bits per heavy atom. The van der Waals surface area contributed by atoms with E-state index >= 15 is 0 Å². The summed E-state index contributed by atoms with van der Waals surface area (Å²) in [5.41, 5.74) is 12.3. The first-order valence-corrected chi connectivity index (χ1v) is 4.52. The van der Waals surface area contributed by atoms with E-state index in [1.807, 2.05) is 19.1 Å². The van der Waals surface area contributed by atoms with Gasteiger partial charge >= 0.3 is 0 Å². The van der Waals surface area contributed by atoms with Gasteiger partial charge in [0.1, 0.15) is 5.75 Å². The summed E-state index contributed by atoms with van der Waals surface area (Å²) < 4.78 is 5.03. The van der Waals surface area contributed by atoms with E-state index in [9.17, 15) is 0 Å². The molecule has 1 rings (SSSR count). The van der Waals surface area contributed by atoms with Gasteiger partial charge in [-0.25, -0.2) is 4.99 Å². The van der Waals surface area contributed by atoms with Crippen molar-refractivity contribution in [1.82, 2.24) is 0 Å². The van der Waals surface area contributed by atoms with Gasteiger partial charge in [0.25, 0.3) is 0 Å². The second-order valence-corrected chi connectivity index (χ2v) is 3.11. The Morgan fingerprint density at radius 1 is 1.47 bits per heavy atom. The van der Waals surface area contributed by atoms with E-state index in [-0.39, 0.29) is 12.8 Å². The lowest BCUT2D eigenvalue weighted by atomic mass is 10.1. The molecule has 0 heterocycles. The monoisotopic (exact) mass is 209 g/mol. The van der Waals surface area contributed by atoms with Gasteiger partial charge in [-0.1, -0.05) is 12.1 Å². The minimum Gasteiger partial charge on any atom is -0.467 e. The molecule has 0 bridgehead atoms. The van der Waals surface area contributed by atoms with Gasteiger partial charge in [0.2, 0.25) is 0 Å². The quantitative estimate of drug-likeness (QED) is 0.372. The number of rotatable bonds is 4. The van der Waals surface area contributed by atoms with Crippen LogP contribution in [-0.4, -0.2) is 17.9 Å². The molecule has 82 valence electrons. The molecule has 0 unspecified atom stereocenters. The number of hydrogen-bond acceptors (Lipinski definition) is 3. The zero-order valence-electron chi connectivity index (χ0n) is 8.60. The highest BCUT2D eigenvalue weighted by atomic mass is 16.6. The van der Waals surface area contributed by atoms with E-state index in [1.54, 1.807) is 6.07 Å². The normalized spacial score (nSPS) is 9.73. The number of aryl methyl sites for hydroxylation is 1. The number of aliphatic imine (C=N–C) groups is 1. The van der Waals surface area contributed by atoms with E-state index in [2.05, 4.69) is 4.99 Å². The summed E-state index contributed by atoms with van der Waals surface area (Å²) in [6.07, 6.45) is 0. The Hall–Kier alpha value is -1.75. The van der Waals surface area contributed by atoms with E-state index < -0.39 is 0 Å². The highest BCUT2D eigenvalue weighted by Crippen LogP contribution is 2.19. The Bertz CT molecular complexity index is 360. The predicted octanol–water partition coefficient (Wildman–Crippen LogP) is 0.0970. The van der Waals surface area contributed by atoms with Crippen molar-refractivity contribution < 1.29 is 9.84 Å². The zero-order valence-corrected chi connectivity index (χ0v) is 8.60. The first-order valence-electron chi connectivity index (χ1n) is 4.52. The molecule has 0 aromatic heterocycles. The molecule has 1 aromatic rings. The van der Waals surface area contributed by atoms with Gasteiger partial charge in [0.15, 0.2) is 12.8 Å². The predicted molar refractivity (Wildman–Crippen MR) is 58.4 cm³/mol. The SMILES string of the molecule is Cc1ccc(CN=C(N)N)cc1OCO. The summed E-state index contributed by atoms with van der Waals surface area (Å²) in [6, 6.07) is 5.60. The van der Waals surface area contributed by atoms with Crippen molar-refractivity contribution in [1.29, 1.82) is 0 Å². The molecular weight excluding hydrogens is 194 g/mol. The van der Waals surface area contributed by atoms with Crippen LogP contribution >= 0.6 is 0 Å². The molecule has 0 fully saturated rings. The molecule has 0 radical (unpaired) electrons. The first kappa shape index (κ1) is 11.3. The summed E-state index contributed by atoms with van der Waals surface area (Å²) in [4.78, 5) is 3.88. The van der Waals surface area contributed by atoms with Crippen LogP contribution in [0.25, 0.3) is 0 Å². The van der Waals surface area contributed by atoms with E-state index in [0.29, 0.717) is 12.3 Å². The molecule has 0 saturated heterocycles. The molecule has 0 atom stereocenters. The van der Waals surface area contributed by atoms with E-state index in [0.717, 1.165) is 11.1 Å². The Labute approximate surface area is 88.4 Å². The maximum Gasteiger partial charge on any atom is 0.186 e. The van der Waals surface area contributed by atoms with Crippen LogP contribution in [-0.2, 0) is 6.54 Å². The van der Waals surface area contributed by atoms with Crippen LogP contribution < -0.4 is 16.2 Å². The number of guanidine groups is 1. The number of benzene rings is 1. The van der Waals surface area contributed by atoms with E-state index in [4.69, 9.17) is 21.3 Å². The van der Waals surface area contributed by atoms with Crippen molar-refractivity contribution in [2.75, 3.05) is 6.79 Å². The molecule has 0 aliphatic rings. The van der Waals surface area contributed by atoms with Crippen molar-refractivity contribution in [2.24, 2.45) is 16.5 Å². The van der Waals surface area contributed by atoms with Crippen molar-refractivity contribution in [2.45, 2.75) is 13.5 Å². The lowest BCUT2D eigenvalue weighted by Gasteiger charge is -2.07. The van der Waals surface area contributed by atoms with Gasteiger partial charge in [-0.3, -0.25) is 0 Å². The zero-order chi connectivity index (χ0) is 11.3. The molecule has 5 N–H and O–H groups in total. The van der Waals surface area contributed by atoms with Crippen molar-refractivity contribution in [3.8, 4) is 5.75 Å². The molecule has 5 nitrogen and oxygen atoms in total. The third-order valence-corrected chi connectivity index (χ3v) is 1.92. The molecule has 0 spiro atoms. The number of nitrogens with zero attached hydrogens (tertiary/aromatic N) is 1. The highest BCUT2D eigenvalue weighted by molar-refractivity contribution is 5.75. The fourth-order valence-corrected chi connectivity index (χ4v) is 1.15. The third-order valence-electron chi connectivity index (χ3n) is 1.92. The van der Waals surface area contributed by atoms with Gasteiger partial charge < -0.3 is 21.3 Å². The lowest BCUT2D eigenvalue weighted by Crippen LogP contribution is -2.22. The summed E-state index contributed by atoms with van der Waals surface area (Å²) in [5, 5.41) is 8.66. The van der Waals surface area contributed by atoms with Crippen molar-refractivity contribution >= 4 is 5.96 Å². The number of aliphatic hydroxyl groups excluding tert-OH is 1. The topological polar surface area (TPSA) is 93.9 Å². The second kappa shape index (κ2) is 5.21. The van der Waals surface area contributed by atoms with Crippen LogP contribution in [0.4, 0.5) is 0 Å². The molecule has 0 saturated carbocycles. The third kappa shape index (κ3) is 3.47. The Balaban J connectivity index is 2.82. The van der Waals surface area contributed by atoms with Crippen molar-refractivity contribution in [3.63, 3.8) is 0 Å². The van der Waals surface area contributed by atoms with Gasteiger partial charge in [-0.15, -0.1) is 0 Å². The van der Waals surface area contributed by atoms with Crippen LogP contribution in [0.1, 0.15) is 11.1 Å². The first-order chi connectivity index (χ1) is 7.13. The second-order valence-electron chi connectivity index (χ2n) is 3.11. The molecule has 0 amide bonds. The standard InChI is InChI=1S/C10H15N3O2/c1-7-2-3-8(5-13-10(11)12)4-9(7)15-6-14/h2-4,14H,5-6H2,1H3,(H4,11,12,13). The average molecular weight is 209 g/mol. The molecule has 15 heavy (non-hydrogen) atoms. The minimum absolute atomic E-state index is 0.0557. The van der Waals surface area contributed by atoms with Gasteiger partial charge in [0.05, 0.1) is 6.54 Å². The number of hydrogen-bond donors (Lipinski definition) is 3. The smallest absolute Gasteiger partial charge is 0.186 e. The summed E-state index contributed by atoms with van der Waals surface area (Å²) in [7, 11) is 0. The Kier molecular flexibility index (Phi) is 3.93. The largest absolute Gasteiger partial charge is 0.467 e. The number of aliphatic hydroxyl groups is 1. The molecule has 0 aliphatic carbocycles. The maximum atomic E-state index is 8.66. The lowest BCUT2D eigenvalue weighted by molar-refractivity contribution is 0.0978. The molecular formula is C10H15N3O2. The van der Waals surface area contributed by atoms with Gasteiger partial charge in [-0.05, 0) is 24.1 Å². The van der Waals surface area contributed by atoms with Crippen LogP contribution in [0.2, 0.25) is 0 Å². The summed E-state index contributed by atoms with van der Waals surface area (Å²) >= 11 is 0. The number of ether oxygens (including phenoxy) is 1. The van der Waals surface area contributed by atoms with Crippen LogP contribution in [0.3, 0.4) is 0 Å².